The smallest absolute Gasteiger partial charge is 0.144 e. The molecule has 1 heterocycles. The Kier molecular flexibility index (Phi) is 3.46. The van der Waals surface area contributed by atoms with Crippen molar-refractivity contribution >= 4 is 16.9 Å². The molecule has 0 saturated carbocycles. The fraction of sp³-hybridized carbons (Fsp3) is 0.429. The zero-order chi connectivity index (χ0) is 14.0. The van der Waals surface area contributed by atoms with Gasteiger partial charge in [0.05, 0.1) is 11.0 Å². The molecular weight excluding hydrogens is 240 g/mol. The molecule has 0 unspecified atom stereocenters. The van der Waals surface area contributed by atoms with Gasteiger partial charge in [0.2, 0.25) is 0 Å². The topological polar surface area (TPSA) is 76.4 Å². The van der Waals surface area contributed by atoms with E-state index in [9.17, 15) is 0 Å². The number of nitrogens with two attached hydrogens (primary N) is 1. The van der Waals surface area contributed by atoms with Crippen LogP contribution in [0, 0.1) is 12.3 Å². The number of hydrogen-bond donors (Lipinski definition) is 2. The molecular formula is C14H20N4O. The summed E-state index contributed by atoms with van der Waals surface area (Å²) in [7, 11) is 0. The number of para-hydroxylation sites is 2. The van der Waals surface area contributed by atoms with E-state index in [1.807, 2.05) is 39.0 Å². The van der Waals surface area contributed by atoms with Gasteiger partial charge < -0.3 is 15.5 Å². The molecule has 0 saturated heterocycles. The Hall–Kier alpha value is -2.04. The highest BCUT2D eigenvalue weighted by Gasteiger charge is 2.24. The van der Waals surface area contributed by atoms with Gasteiger partial charge in [0.1, 0.15) is 11.7 Å². The van der Waals surface area contributed by atoms with Crippen LogP contribution in [-0.4, -0.2) is 20.6 Å². The molecule has 0 aliphatic heterocycles. The summed E-state index contributed by atoms with van der Waals surface area (Å²) < 4.78 is 2.17. The number of aryl methyl sites for hydroxylation is 2. The number of oxime groups is 1. The molecule has 1 aromatic heterocycles. The first-order chi connectivity index (χ1) is 8.95. The molecule has 0 fully saturated rings. The molecule has 2 rings (SSSR count). The lowest BCUT2D eigenvalue weighted by atomic mass is 9.88. The van der Waals surface area contributed by atoms with Crippen LogP contribution in [0.25, 0.3) is 11.0 Å². The van der Waals surface area contributed by atoms with Crippen molar-refractivity contribution in [3.63, 3.8) is 0 Å². The average Bonchev–Trinajstić information content (AvgIpc) is 2.71. The van der Waals surface area contributed by atoms with Gasteiger partial charge >= 0.3 is 0 Å². The average molecular weight is 260 g/mol. The minimum Gasteiger partial charge on any atom is -0.409 e. The largest absolute Gasteiger partial charge is 0.409 e. The maximum Gasteiger partial charge on any atom is 0.144 e. The van der Waals surface area contributed by atoms with Crippen LogP contribution in [0.5, 0.6) is 0 Å². The first-order valence-electron chi connectivity index (χ1n) is 6.35. The van der Waals surface area contributed by atoms with E-state index in [1.165, 1.54) is 0 Å². The first-order valence-corrected chi connectivity index (χ1v) is 6.35. The van der Waals surface area contributed by atoms with Gasteiger partial charge in [-0.3, -0.25) is 0 Å². The Morgan fingerprint density at radius 1 is 1.42 bits per heavy atom. The molecule has 0 bridgehead atoms. The van der Waals surface area contributed by atoms with Gasteiger partial charge in [0.25, 0.3) is 0 Å². The molecule has 102 valence electrons. The minimum atomic E-state index is -0.341. The Morgan fingerprint density at radius 2 is 2.11 bits per heavy atom. The summed E-state index contributed by atoms with van der Waals surface area (Å²) in [5.41, 5.74) is 7.50. The lowest BCUT2D eigenvalue weighted by Crippen LogP contribution is -2.33. The van der Waals surface area contributed by atoms with E-state index in [2.05, 4.69) is 20.8 Å². The van der Waals surface area contributed by atoms with Gasteiger partial charge in [0.15, 0.2) is 0 Å². The van der Waals surface area contributed by atoms with Crippen LogP contribution in [0.4, 0.5) is 0 Å². The molecule has 19 heavy (non-hydrogen) atoms. The zero-order valence-corrected chi connectivity index (χ0v) is 11.6. The molecule has 1 aromatic carbocycles. The molecule has 0 spiro atoms. The van der Waals surface area contributed by atoms with E-state index in [-0.39, 0.29) is 11.3 Å². The summed E-state index contributed by atoms with van der Waals surface area (Å²) in [5, 5.41) is 11.9. The maximum atomic E-state index is 8.80. The highest BCUT2D eigenvalue weighted by Crippen LogP contribution is 2.24. The van der Waals surface area contributed by atoms with Crippen LogP contribution in [-0.2, 0) is 6.54 Å². The van der Waals surface area contributed by atoms with Crippen molar-refractivity contribution in [3.8, 4) is 0 Å². The van der Waals surface area contributed by atoms with E-state index in [0.717, 1.165) is 29.8 Å². The van der Waals surface area contributed by atoms with Gasteiger partial charge in [-0.2, -0.15) is 0 Å². The van der Waals surface area contributed by atoms with Crippen molar-refractivity contribution < 1.29 is 5.21 Å². The number of rotatable bonds is 4. The van der Waals surface area contributed by atoms with E-state index in [1.54, 1.807) is 0 Å². The maximum absolute atomic E-state index is 8.80. The Balaban J connectivity index is 2.25. The summed E-state index contributed by atoms with van der Waals surface area (Å²) in [6.45, 7) is 6.72. The first kappa shape index (κ1) is 13.4. The number of aromatic nitrogens is 2. The van der Waals surface area contributed by atoms with Crippen molar-refractivity contribution in [1.29, 1.82) is 0 Å². The number of amidine groups is 1. The second-order valence-corrected chi connectivity index (χ2v) is 5.42. The van der Waals surface area contributed by atoms with E-state index in [4.69, 9.17) is 10.9 Å². The molecule has 5 nitrogen and oxygen atoms in total. The van der Waals surface area contributed by atoms with Gasteiger partial charge in [-0.1, -0.05) is 31.1 Å². The molecule has 2 aromatic rings. The third kappa shape index (κ3) is 2.54. The van der Waals surface area contributed by atoms with Crippen molar-refractivity contribution in [2.75, 3.05) is 0 Å². The molecule has 3 N–H and O–H groups in total. The Bertz CT molecular complexity index is 613. The van der Waals surface area contributed by atoms with Crippen LogP contribution in [0.15, 0.2) is 29.4 Å². The van der Waals surface area contributed by atoms with Crippen LogP contribution in [0.2, 0.25) is 0 Å². The lowest BCUT2D eigenvalue weighted by Gasteiger charge is -2.23. The highest BCUT2D eigenvalue weighted by atomic mass is 16.4. The molecule has 0 atom stereocenters. The van der Waals surface area contributed by atoms with Crippen LogP contribution in [0.3, 0.4) is 0 Å². The summed E-state index contributed by atoms with van der Waals surface area (Å²) in [6.07, 6.45) is 0.782. The molecule has 0 aliphatic rings. The molecule has 0 amide bonds. The van der Waals surface area contributed by atoms with E-state index >= 15 is 0 Å². The van der Waals surface area contributed by atoms with Crippen molar-refractivity contribution in [1.82, 2.24) is 9.55 Å². The summed E-state index contributed by atoms with van der Waals surface area (Å²) >= 11 is 0. The predicted octanol–water partition coefficient (Wildman–Crippen LogP) is 2.51. The highest BCUT2D eigenvalue weighted by molar-refractivity contribution is 5.85. The summed E-state index contributed by atoms with van der Waals surface area (Å²) in [6, 6.07) is 8.06. The molecule has 5 heteroatoms. The predicted molar refractivity (Wildman–Crippen MR) is 76.3 cm³/mol. The van der Waals surface area contributed by atoms with E-state index < -0.39 is 0 Å². The summed E-state index contributed by atoms with van der Waals surface area (Å²) in [5.74, 6) is 1.24. The third-order valence-corrected chi connectivity index (χ3v) is 3.61. The number of nitrogens with zero attached hydrogens (tertiary/aromatic N) is 3. The fourth-order valence-electron chi connectivity index (χ4n) is 2.13. The Morgan fingerprint density at radius 3 is 2.79 bits per heavy atom. The normalized spacial score (nSPS) is 13.1. The number of benzene rings is 1. The van der Waals surface area contributed by atoms with Crippen molar-refractivity contribution in [2.45, 2.75) is 33.7 Å². The van der Waals surface area contributed by atoms with Gasteiger partial charge in [-0.25, -0.2) is 4.98 Å². The van der Waals surface area contributed by atoms with Crippen molar-refractivity contribution in [3.05, 3.63) is 30.1 Å². The van der Waals surface area contributed by atoms with Crippen LogP contribution < -0.4 is 5.73 Å². The summed E-state index contributed by atoms with van der Waals surface area (Å²) in [4.78, 5) is 4.53. The Labute approximate surface area is 112 Å². The SMILES string of the molecule is Cc1nc2ccccc2n1CCC(C)(C)C(N)=NO. The second-order valence-electron chi connectivity index (χ2n) is 5.42. The standard InChI is InChI=1S/C14H20N4O/c1-10-16-11-6-4-5-7-12(11)18(10)9-8-14(2,3)13(15)17-19/h4-7,19H,8-9H2,1-3H3,(H2,15,17). The van der Waals surface area contributed by atoms with E-state index in [0.29, 0.717) is 0 Å². The number of fused-ring (bicyclic) bond motifs is 1. The number of hydrogen-bond acceptors (Lipinski definition) is 3. The van der Waals surface area contributed by atoms with Crippen LogP contribution >= 0.6 is 0 Å². The van der Waals surface area contributed by atoms with Gasteiger partial charge in [0, 0.05) is 12.0 Å². The quantitative estimate of drug-likeness (QED) is 0.384. The monoisotopic (exact) mass is 260 g/mol. The lowest BCUT2D eigenvalue weighted by molar-refractivity contribution is 0.303. The second kappa shape index (κ2) is 4.91. The van der Waals surface area contributed by atoms with Crippen LogP contribution in [0.1, 0.15) is 26.1 Å². The van der Waals surface area contributed by atoms with Gasteiger partial charge in [-0.15, -0.1) is 0 Å². The zero-order valence-electron chi connectivity index (χ0n) is 11.6. The van der Waals surface area contributed by atoms with Gasteiger partial charge in [-0.05, 0) is 25.5 Å². The molecule has 0 radical (unpaired) electrons. The minimum absolute atomic E-state index is 0.259. The number of imidazole rings is 1. The third-order valence-electron chi connectivity index (χ3n) is 3.61. The molecule has 0 aliphatic carbocycles. The van der Waals surface area contributed by atoms with Crippen molar-refractivity contribution in [2.24, 2.45) is 16.3 Å². The fourth-order valence-corrected chi connectivity index (χ4v) is 2.13.